The molecule has 0 saturated carbocycles. The van der Waals surface area contributed by atoms with E-state index in [1.54, 1.807) is 36.4 Å². The van der Waals surface area contributed by atoms with Gasteiger partial charge in [0.15, 0.2) is 12.3 Å². The fourth-order valence-electron chi connectivity index (χ4n) is 3.10. The van der Waals surface area contributed by atoms with Crippen LogP contribution in [0.1, 0.15) is 21.8 Å². The van der Waals surface area contributed by atoms with Gasteiger partial charge >= 0.3 is 5.97 Å². The molecule has 156 valence electrons. The van der Waals surface area contributed by atoms with Crippen molar-refractivity contribution >= 4 is 22.6 Å². The molecule has 0 aliphatic carbocycles. The monoisotopic (exact) mass is 417 g/mol. The Morgan fingerprint density at radius 2 is 1.71 bits per heavy atom. The van der Waals surface area contributed by atoms with E-state index in [0.29, 0.717) is 16.5 Å². The molecule has 0 radical (unpaired) electrons. The maximum atomic E-state index is 12.8. The lowest BCUT2D eigenvalue weighted by molar-refractivity contribution is -0.124. The minimum absolute atomic E-state index is 0.0232. The number of hydrogen-bond donors (Lipinski definition) is 1. The molecule has 8 heteroatoms. The van der Waals surface area contributed by atoms with Gasteiger partial charge < -0.3 is 14.5 Å². The molecule has 0 atom stereocenters. The number of amides is 1. The zero-order chi connectivity index (χ0) is 21.6. The van der Waals surface area contributed by atoms with Crippen molar-refractivity contribution in [3.05, 3.63) is 100 Å². The highest BCUT2D eigenvalue weighted by Gasteiger charge is 2.19. The fourth-order valence-corrected chi connectivity index (χ4v) is 3.10. The third-order valence-corrected chi connectivity index (χ3v) is 4.61. The van der Waals surface area contributed by atoms with Crippen molar-refractivity contribution in [2.75, 3.05) is 6.61 Å². The average Bonchev–Trinajstić information content (AvgIpc) is 3.32. The zero-order valence-corrected chi connectivity index (χ0v) is 16.5. The molecule has 0 aliphatic heterocycles. The number of nitrogens with one attached hydrogen (secondary N) is 1. The van der Waals surface area contributed by atoms with Gasteiger partial charge in [-0.1, -0.05) is 48.5 Å². The summed E-state index contributed by atoms with van der Waals surface area (Å²) in [6.45, 7) is -0.0890. The van der Waals surface area contributed by atoms with E-state index in [-0.39, 0.29) is 24.3 Å². The van der Waals surface area contributed by atoms with Crippen molar-refractivity contribution in [3.63, 3.8) is 0 Å². The molecule has 4 rings (SSSR count). The molecule has 0 bridgehead atoms. The van der Waals surface area contributed by atoms with Crippen molar-refractivity contribution in [2.24, 2.45) is 0 Å². The molecule has 0 spiro atoms. The van der Waals surface area contributed by atoms with Gasteiger partial charge in [0.2, 0.25) is 0 Å². The second kappa shape index (κ2) is 9.08. The van der Waals surface area contributed by atoms with E-state index in [2.05, 4.69) is 10.4 Å². The molecule has 0 aliphatic rings. The van der Waals surface area contributed by atoms with Crippen LogP contribution in [0.3, 0.4) is 0 Å². The number of carbonyl (C=O) groups excluding carboxylic acids is 2. The molecule has 31 heavy (non-hydrogen) atoms. The Morgan fingerprint density at radius 3 is 2.45 bits per heavy atom. The average molecular weight is 417 g/mol. The number of ether oxygens (including phenoxy) is 1. The van der Waals surface area contributed by atoms with Crippen LogP contribution in [0.25, 0.3) is 10.8 Å². The molecule has 2 aromatic carbocycles. The Bertz CT molecular complexity index is 1260. The molecule has 8 nitrogen and oxygen atoms in total. The predicted molar refractivity (Wildman–Crippen MR) is 112 cm³/mol. The van der Waals surface area contributed by atoms with Gasteiger partial charge in [0.05, 0.1) is 24.7 Å². The minimum atomic E-state index is -0.786. The lowest BCUT2D eigenvalue weighted by Crippen LogP contribution is -2.30. The minimum Gasteiger partial charge on any atom is -0.467 e. The quantitative estimate of drug-likeness (QED) is 0.464. The van der Waals surface area contributed by atoms with Crippen LogP contribution in [0.4, 0.5) is 0 Å². The molecule has 1 amide bonds. The number of furan rings is 1. The summed E-state index contributed by atoms with van der Waals surface area (Å²) in [5, 5.41) is 7.56. The van der Waals surface area contributed by atoms with Crippen molar-refractivity contribution in [3.8, 4) is 0 Å². The number of aromatic nitrogens is 2. The molecular weight excluding hydrogens is 398 g/mol. The first-order chi connectivity index (χ1) is 15.1. The summed E-state index contributed by atoms with van der Waals surface area (Å²) < 4.78 is 11.5. The highest BCUT2D eigenvalue weighted by Crippen LogP contribution is 2.15. The largest absolute Gasteiger partial charge is 0.467 e. The topological polar surface area (TPSA) is 103 Å². The van der Waals surface area contributed by atoms with E-state index < -0.39 is 18.5 Å². The first-order valence-electron chi connectivity index (χ1n) is 9.62. The summed E-state index contributed by atoms with van der Waals surface area (Å²) in [5.41, 5.74) is 0.529. The molecule has 2 aromatic heterocycles. The molecule has 4 aromatic rings. The summed E-state index contributed by atoms with van der Waals surface area (Å²) in [6.07, 6.45) is 1.50. The second-order valence-corrected chi connectivity index (χ2v) is 6.77. The van der Waals surface area contributed by atoms with Crippen LogP contribution in [-0.4, -0.2) is 28.3 Å². The van der Waals surface area contributed by atoms with E-state index in [1.165, 1.54) is 10.9 Å². The van der Waals surface area contributed by atoms with Gasteiger partial charge in [-0.2, -0.15) is 5.10 Å². The van der Waals surface area contributed by atoms with Crippen LogP contribution in [0.5, 0.6) is 0 Å². The number of esters is 1. The molecule has 2 heterocycles. The summed E-state index contributed by atoms with van der Waals surface area (Å²) in [4.78, 5) is 37.6. The Labute approximate surface area is 177 Å². The number of carbonyl (C=O) groups is 2. The standard InChI is InChI=1S/C23H19N3O5/c27-20(24-13-17-9-6-12-30-17)15-31-23(29)21-18-10-4-5-11-19(18)22(28)26(25-21)14-16-7-2-1-3-8-16/h1-12H,13-15H2,(H,24,27). The molecule has 0 unspecified atom stereocenters. The highest BCUT2D eigenvalue weighted by molar-refractivity contribution is 6.02. The fraction of sp³-hybridized carbons (Fsp3) is 0.130. The Kier molecular flexibility index (Phi) is 5.89. The molecule has 1 N–H and O–H groups in total. The Balaban J connectivity index is 1.54. The summed E-state index contributed by atoms with van der Waals surface area (Å²) in [6, 6.07) is 19.4. The Hall–Kier alpha value is -4.20. The van der Waals surface area contributed by atoms with Gasteiger partial charge in [-0.25, -0.2) is 9.48 Å². The van der Waals surface area contributed by atoms with Crippen LogP contribution in [0, 0.1) is 0 Å². The number of benzene rings is 2. The number of fused-ring (bicyclic) bond motifs is 1. The maximum Gasteiger partial charge on any atom is 0.359 e. The van der Waals surface area contributed by atoms with Gasteiger partial charge in [-0.3, -0.25) is 9.59 Å². The van der Waals surface area contributed by atoms with E-state index in [4.69, 9.17) is 9.15 Å². The van der Waals surface area contributed by atoms with Crippen molar-refractivity contribution < 1.29 is 18.7 Å². The van der Waals surface area contributed by atoms with Crippen LogP contribution in [-0.2, 0) is 22.6 Å². The van der Waals surface area contributed by atoms with E-state index >= 15 is 0 Å². The third kappa shape index (κ3) is 4.69. The number of nitrogens with zero attached hydrogens (tertiary/aromatic N) is 2. The zero-order valence-electron chi connectivity index (χ0n) is 16.5. The summed E-state index contributed by atoms with van der Waals surface area (Å²) in [7, 11) is 0. The van der Waals surface area contributed by atoms with Crippen molar-refractivity contribution in [1.82, 2.24) is 15.1 Å². The first kappa shape index (κ1) is 20.1. The van der Waals surface area contributed by atoms with Gasteiger partial charge in [0, 0.05) is 5.39 Å². The van der Waals surface area contributed by atoms with Crippen LogP contribution in [0.15, 0.2) is 82.2 Å². The van der Waals surface area contributed by atoms with Crippen molar-refractivity contribution in [2.45, 2.75) is 13.1 Å². The van der Waals surface area contributed by atoms with E-state index in [1.807, 2.05) is 30.3 Å². The van der Waals surface area contributed by atoms with Gasteiger partial charge in [-0.15, -0.1) is 0 Å². The van der Waals surface area contributed by atoms with Crippen molar-refractivity contribution in [1.29, 1.82) is 0 Å². The Morgan fingerprint density at radius 1 is 0.968 bits per heavy atom. The second-order valence-electron chi connectivity index (χ2n) is 6.77. The lowest BCUT2D eigenvalue weighted by atomic mass is 10.1. The smallest absolute Gasteiger partial charge is 0.359 e. The number of rotatable bonds is 7. The first-order valence-corrected chi connectivity index (χ1v) is 9.62. The lowest BCUT2D eigenvalue weighted by Gasteiger charge is -2.11. The van der Waals surface area contributed by atoms with E-state index in [9.17, 15) is 14.4 Å². The molecular formula is C23H19N3O5. The third-order valence-electron chi connectivity index (χ3n) is 4.61. The van der Waals surface area contributed by atoms with Gasteiger partial charge in [0.25, 0.3) is 11.5 Å². The van der Waals surface area contributed by atoms with Crippen LogP contribution in [0.2, 0.25) is 0 Å². The number of hydrogen-bond acceptors (Lipinski definition) is 6. The molecule has 0 saturated heterocycles. The SMILES string of the molecule is O=C(COC(=O)c1nn(Cc2ccccc2)c(=O)c2ccccc12)NCc1ccco1. The highest BCUT2D eigenvalue weighted by atomic mass is 16.5. The van der Waals surface area contributed by atoms with Gasteiger partial charge in [-0.05, 0) is 23.8 Å². The molecule has 0 fully saturated rings. The summed E-state index contributed by atoms with van der Waals surface area (Å²) in [5.74, 6) is -0.682. The predicted octanol–water partition coefficient (Wildman–Crippen LogP) is 2.51. The normalized spacial score (nSPS) is 10.7. The van der Waals surface area contributed by atoms with E-state index in [0.717, 1.165) is 5.56 Å². The van der Waals surface area contributed by atoms with Crippen LogP contribution < -0.4 is 10.9 Å². The van der Waals surface area contributed by atoms with Crippen LogP contribution >= 0.6 is 0 Å². The van der Waals surface area contributed by atoms with Gasteiger partial charge in [0.1, 0.15) is 5.76 Å². The maximum absolute atomic E-state index is 12.8. The summed E-state index contributed by atoms with van der Waals surface area (Å²) >= 11 is 0.